The zero-order chi connectivity index (χ0) is 13.2. The molecule has 1 saturated carbocycles. The molecule has 3 heteroatoms. The van der Waals surface area contributed by atoms with Crippen LogP contribution < -0.4 is 4.90 Å². The molecule has 1 N–H and O–H groups in total. The summed E-state index contributed by atoms with van der Waals surface area (Å²) in [6, 6.07) is 4.66. The molecule has 0 radical (unpaired) electrons. The Labute approximate surface area is 115 Å². The van der Waals surface area contributed by atoms with E-state index in [0.717, 1.165) is 23.8 Å². The highest BCUT2D eigenvalue weighted by atomic mass is 16.3. The molecule has 1 aliphatic carbocycles. The Hall–Kier alpha value is -1.09. The van der Waals surface area contributed by atoms with Crippen LogP contribution in [-0.4, -0.2) is 22.7 Å². The van der Waals surface area contributed by atoms with Gasteiger partial charge in [-0.2, -0.15) is 0 Å². The summed E-state index contributed by atoms with van der Waals surface area (Å²) >= 11 is 0. The number of rotatable bonds is 3. The number of nitrogens with zero attached hydrogens (tertiary/aromatic N) is 2. The molecule has 3 nitrogen and oxygen atoms in total. The Morgan fingerprint density at radius 3 is 2.79 bits per heavy atom. The predicted molar refractivity (Wildman–Crippen MR) is 77.2 cm³/mol. The summed E-state index contributed by atoms with van der Waals surface area (Å²) in [5, 5.41) is 9.72. The van der Waals surface area contributed by atoms with Crippen LogP contribution in [0.1, 0.15) is 57.1 Å². The lowest BCUT2D eigenvalue weighted by Gasteiger charge is -2.30. The van der Waals surface area contributed by atoms with E-state index in [9.17, 15) is 5.11 Å². The van der Waals surface area contributed by atoms with Gasteiger partial charge in [-0.05, 0) is 56.2 Å². The first-order valence-corrected chi connectivity index (χ1v) is 7.66. The Kier molecular flexibility index (Phi) is 3.74. The van der Waals surface area contributed by atoms with Gasteiger partial charge in [-0.3, -0.25) is 0 Å². The number of anilines is 1. The fourth-order valence-corrected chi connectivity index (χ4v) is 3.76. The van der Waals surface area contributed by atoms with Gasteiger partial charge in [-0.25, -0.2) is 4.98 Å². The van der Waals surface area contributed by atoms with Gasteiger partial charge in [-0.1, -0.05) is 12.8 Å². The Bertz CT molecular complexity index is 427. The van der Waals surface area contributed by atoms with Crippen molar-refractivity contribution in [1.29, 1.82) is 0 Å². The average Bonchev–Trinajstić information content (AvgIpc) is 3.09. The predicted octanol–water partition coefficient (Wildman–Crippen LogP) is 3.29. The monoisotopic (exact) mass is 260 g/mol. The molecule has 2 aliphatic rings. The molecule has 1 aliphatic heterocycles. The van der Waals surface area contributed by atoms with Gasteiger partial charge in [0.25, 0.3) is 0 Å². The van der Waals surface area contributed by atoms with Crippen molar-refractivity contribution in [2.75, 3.05) is 11.4 Å². The van der Waals surface area contributed by atoms with E-state index in [1.807, 2.05) is 19.2 Å². The molecule has 19 heavy (non-hydrogen) atoms. The summed E-state index contributed by atoms with van der Waals surface area (Å²) in [5.41, 5.74) is 0.974. The molecule has 2 atom stereocenters. The maximum absolute atomic E-state index is 9.72. The molecular formula is C16H24N2O. The van der Waals surface area contributed by atoms with E-state index in [4.69, 9.17) is 0 Å². The lowest BCUT2D eigenvalue weighted by molar-refractivity contribution is 0.199. The summed E-state index contributed by atoms with van der Waals surface area (Å²) in [6.07, 6.45) is 9.59. The quantitative estimate of drug-likeness (QED) is 0.906. The molecule has 1 saturated heterocycles. The molecular weight excluding hydrogens is 236 g/mol. The van der Waals surface area contributed by atoms with Crippen LogP contribution in [0.3, 0.4) is 0 Å². The lowest BCUT2D eigenvalue weighted by Crippen LogP contribution is -2.35. The molecule has 0 amide bonds. The van der Waals surface area contributed by atoms with Crippen LogP contribution in [0.25, 0.3) is 0 Å². The van der Waals surface area contributed by atoms with Crippen LogP contribution in [0, 0.1) is 5.92 Å². The number of aromatic nitrogens is 1. The minimum absolute atomic E-state index is 0.408. The topological polar surface area (TPSA) is 36.4 Å². The normalized spacial score (nSPS) is 26.0. The molecule has 1 unspecified atom stereocenters. The average molecular weight is 260 g/mol. The van der Waals surface area contributed by atoms with Gasteiger partial charge in [0.1, 0.15) is 5.82 Å². The molecule has 0 bridgehead atoms. The Morgan fingerprint density at radius 2 is 2.05 bits per heavy atom. The van der Waals surface area contributed by atoms with Gasteiger partial charge in [0, 0.05) is 18.8 Å². The molecule has 0 aromatic carbocycles. The summed E-state index contributed by atoms with van der Waals surface area (Å²) < 4.78 is 0. The molecule has 1 aromatic heterocycles. The Balaban J connectivity index is 1.81. The van der Waals surface area contributed by atoms with Gasteiger partial charge >= 0.3 is 0 Å². The second-order valence-electron chi connectivity index (χ2n) is 6.07. The van der Waals surface area contributed by atoms with Crippen molar-refractivity contribution >= 4 is 5.82 Å². The molecule has 104 valence electrons. The number of hydrogen-bond acceptors (Lipinski definition) is 3. The SMILES string of the molecule is C[C@H](O)c1ccnc(N2CCCC2C2CCCC2)c1. The molecule has 2 fully saturated rings. The number of aliphatic hydroxyl groups is 1. The highest BCUT2D eigenvalue weighted by Crippen LogP contribution is 2.37. The van der Waals surface area contributed by atoms with Crippen LogP contribution in [0.4, 0.5) is 5.82 Å². The minimum atomic E-state index is -0.408. The molecule has 2 heterocycles. The van der Waals surface area contributed by atoms with E-state index in [1.54, 1.807) is 0 Å². The van der Waals surface area contributed by atoms with Crippen LogP contribution in [0.5, 0.6) is 0 Å². The van der Waals surface area contributed by atoms with Crippen molar-refractivity contribution in [2.45, 2.75) is 57.6 Å². The second-order valence-corrected chi connectivity index (χ2v) is 6.07. The van der Waals surface area contributed by atoms with Crippen molar-refractivity contribution in [3.63, 3.8) is 0 Å². The van der Waals surface area contributed by atoms with Gasteiger partial charge in [0.05, 0.1) is 6.10 Å². The van der Waals surface area contributed by atoms with Crippen molar-refractivity contribution in [3.8, 4) is 0 Å². The summed E-state index contributed by atoms with van der Waals surface area (Å²) in [6.45, 7) is 2.94. The highest BCUT2D eigenvalue weighted by Gasteiger charge is 2.33. The van der Waals surface area contributed by atoms with Crippen LogP contribution >= 0.6 is 0 Å². The van der Waals surface area contributed by atoms with Crippen molar-refractivity contribution < 1.29 is 5.11 Å². The van der Waals surface area contributed by atoms with Gasteiger partial charge in [0.15, 0.2) is 0 Å². The third kappa shape index (κ3) is 2.62. The lowest BCUT2D eigenvalue weighted by atomic mass is 9.96. The van der Waals surface area contributed by atoms with Crippen LogP contribution in [0.2, 0.25) is 0 Å². The zero-order valence-corrected chi connectivity index (χ0v) is 11.8. The summed E-state index contributed by atoms with van der Waals surface area (Å²) in [5.74, 6) is 1.92. The maximum atomic E-state index is 9.72. The van der Waals surface area contributed by atoms with Crippen molar-refractivity contribution in [2.24, 2.45) is 5.92 Å². The number of hydrogen-bond donors (Lipinski definition) is 1. The van der Waals surface area contributed by atoms with Gasteiger partial charge in [0.2, 0.25) is 0 Å². The third-order valence-electron chi connectivity index (χ3n) is 4.79. The minimum Gasteiger partial charge on any atom is -0.389 e. The highest BCUT2D eigenvalue weighted by molar-refractivity contribution is 5.44. The molecule has 3 rings (SSSR count). The van der Waals surface area contributed by atoms with E-state index >= 15 is 0 Å². The Morgan fingerprint density at radius 1 is 1.26 bits per heavy atom. The summed E-state index contributed by atoms with van der Waals surface area (Å²) in [7, 11) is 0. The summed E-state index contributed by atoms with van der Waals surface area (Å²) in [4.78, 5) is 7.03. The molecule has 1 aromatic rings. The van der Waals surface area contributed by atoms with E-state index < -0.39 is 6.10 Å². The second kappa shape index (κ2) is 5.49. The first-order valence-electron chi connectivity index (χ1n) is 7.66. The number of pyridine rings is 1. The largest absolute Gasteiger partial charge is 0.389 e. The van der Waals surface area contributed by atoms with Crippen LogP contribution in [0.15, 0.2) is 18.3 Å². The first-order chi connectivity index (χ1) is 9.25. The van der Waals surface area contributed by atoms with Gasteiger partial charge < -0.3 is 10.0 Å². The fourth-order valence-electron chi connectivity index (χ4n) is 3.76. The van der Waals surface area contributed by atoms with E-state index in [2.05, 4.69) is 16.0 Å². The van der Waals surface area contributed by atoms with Gasteiger partial charge in [-0.15, -0.1) is 0 Å². The van der Waals surface area contributed by atoms with E-state index in [1.165, 1.54) is 38.5 Å². The van der Waals surface area contributed by atoms with Crippen molar-refractivity contribution in [1.82, 2.24) is 4.98 Å². The van der Waals surface area contributed by atoms with Crippen LogP contribution in [-0.2, 0) is 0 Å². The molecule has 0 spiro atoms. The van der Waals surface area contributed by atoms with E-state index in [-0.39, 0.29) is 0 Å². The van der Waals surface area contributed by atoms with Crippen molar-refractivity contribution in [3.05, 3.63) is 23.9 Å². The zero-order valence-electron chi connectivity index (χ0n) is 11.8. The first kappa shape index (κ1) is 12.9. The van der Waals surface area contributed by atoms with E-state index in [0.29, 0.717) is 6.04 Å². The maximum Gasteiger partial charge on any atom is 0.129 e. The number of aliphatic hydroxyl groups excluding tert-OH is 1. The standard InChI is InChI=1S/C16H24N2O/c1-12(19)14-8-9-17-16(11-14)18-10-4-7-15(18)13-5-2-3-6-13/h8-9,11-13,15,19H,2-7,10H2,1H3/t12-,15?/m0/s1. The smallest absolute Gasteiger partial charge is 0.129 e. The fraction of sp³-hybridized carbons (Fsp3) is 0.688. The third-order valence-corrected chi connectivity index (χ3v) is 4.79.